The van der Waals surface area contributed by atoms with E-state index in [1.54, 1.807) is 13.3 Å². The fourth-order valence-electron chi connectivity index (χ4n) is 4.01. The number of methoxy groups -OCH3 is 1. The summed E-state index contributed by atoms with van der Waals surface area (Å²) in [5.74, 6) is 1.60. The summed E-state index contributed by atoms with van der Waals surface area (Å²) in [6.07, 6.45) is 2.84. The minimum Gasteiger partial charge on any atom is -0.496 e. The van der Waals surface area contributed by atoms with Crippen LogP contribution in [0.3, 0.4) is 0 Å². The Morgan fingerprint density at radius 3 is 2.48 bits per heavy atom. The first-order valence-electron chi connectivity index (χ1n) is 10.0. The van der Waals surface area contributed by atoms with E-state index >= 15 is 0 Å². The second kappa shape index (κ2) is 8.68. The number of piperazine rings is 1. The van der Waals surface area contributed by atoms with Crippen molar-refractivity contribution in [3.8, 4) is 5.75 Å². The van der Waals surface area contributed by atoms with Crippen LogP contribution in [0.5, 0.6) is 5.75 Å². The zero-order valence-electron chi connectivity index (χ0n) is 17.0. The number of hydrogen-bond donors (Lipinski definition) is 1. The number of anilines is 1. The number of rotatable bonds is 6. The standard InChI is InChI=1S/C23H28N4O2/c1-25-12-11-24-23(25)22(28)19-8-4-5-9-20(19)27-15-13-26(14-16-27)17-18-7-3-6-10-21(18)29-2/h3-12,22,28H,13-17H2,1-2H3/t22-/m1/s1. The molecule has 152 valence electrons. The largest absolute Gasteiger partial charge is 0.496 e. The maximum Gasteiger partial charge on any atom is 0.142 e. The second-order valence-electron chi connectivity index (χ2n) is 7.43. The molecule has 0 amide bonds. The molecule has 1 atom stereocenters. The fraction of sp³-hybridized carbons (Fsp3) is 0.348. The Balaban J connectivity index is 1.46. The summed E-state index contributed by atoms with van der Waals surface area (Å²) in [6.45, 7) is 4.64. The number of aryl methyl sites for hydroxylation is 1. The lowest BCUT2D eigenvalue weighted by Gasteiger charge is -2.37. The molecule has 1 saturated heterocycles. The van der Waals surface area contributed by atoms with Gasteiger partial charge in [0.05, 0.1) is 7.11 Å². The van der Waals surface area contributed by atoms with Crippen LogP contribution >= 0.6 is 0 Å². The van der Waals surface area contributed by atoms with Crippen molar-refractivity contribution in [2.45, 2.75) is 12.6 Å². The molecule has 1 fully saturated rings. The average molecular weight is 393 g/mol. The van der Waals surface area contributed by atoms with Crippen LogP contribution in [-0.2, 0) is 13.6 Å². The van der Waals surface area contributed by atoms with Gasteiger partial charge in [-0.3, -0.25) is 4.90 Å². The predicted molar refractivity (Wildman–Crippen MR) is 114 cm³/mol. The van der Waals surface area contributed by atoms with Crippen molar-refractivity contribution >= 4 is 5.69 Å². The van der Waals surface area contributed by atoms with Crippen LogP contribution in [0.25, 0.3) is 0 Å². The third kappa shape index (κ3) is 4.13. The molecule has 1 aromatic heterocycles. The van der Waals surface area contributed by atoms with Gasteiger partial charge in [-0.1, -0.05) is 36.4 Å². The number of aliphatic hydroxyl groups is 1. The number of benzene rings is 2. The summed E-state index contributed by atoms with van der Waals surface area (Å²) in [6, 6.07) is 16.3. The molecule has 4 rings (SSSR count). The Labute approximate surface area is 172 Å². The number of para-hydroxylation sites is 2. The maximum atomic E-state index is 10.9. The van der Waals surface area contributed by atoms with E-state index in [2.05, 4.69) is 33.0 Å². The average Bonchev–Trinajstić information content (AvgIpc) is 3.20. The van der Waals surface area contributed by atoms with E-state index in [4.69, 9.17) is 4.74 Å². The summed E-state index contributed by atoms with van der Waals surface area (Å²) in [5, 5.41) is 10.9. The third-order valence-electron chi connectivity index (χ3n) is 5.63. The second-order valence-corrected chi connectivity index (χ2v) is 7.43. The van der Waals surface area contributed by atoms with Gasteiger partial charge in [-0.2, -0.15) is 0 Å². The molecule has 0 saturated carbocycles. The summed E-state index contributed by atoms with van der Waals surface area (Å²) >= 11 is 0. The van der Waals surface area contributed by atoms with Crippen molar-refractivity contribution in [1.82, 2.24) is 14.5 Å². The van der Waals surface area contributed by atoms with E-state index in [-0.39, 0.29) is 0 Å². The monoisotopic (exact) mass is 392 g/mol. The molecule has 0 aliphatic carbocycles. The molecule has 0 radical (unpaired) electrons. The molecule has 1 N–H and O–H groups in total. The van der Waals surface area contributed by atoms with E-state index < -0.39 is 6.10 Å². The van der Waals surface area contributed by atoms with Crippen molar-refractivity contribution in [3.05, 3.63) is 77.9 Å². The van der Waals surface area contributed by atoms with Crippen LogP contribution in [0.15, 0.2) is 60.9 Å². The van der Waals surface area contributed by atoms with Crippen LogP contribution in [-0.4, -0.2) is 52.8 Å². The lowest BCUT2D eigenvalue weighted by molar-refractivity contribution is 0.205. The minimum absolute atomic E-state index is 0.659. The lowest BCUT2D eigenvalue weighted by atomic mass is 10.0. The third-order valence-corrected chi connectivity index (χ3v) is 5.63. The van der Waals surface area contributed by atoms with Gasteiger partial charge in [0.1, 0.15) is 17.7 Å². The van der Waals surface area contributed by atoms with E-state index in [0.29, 0.717) is 5.82 Å². The minimum atomic E-state index is -0.738. The molecule has 2 heterocycles. The lowest BCUT2D eigenvalue weighted by Crippen LogP contribution is -2.46. The first kappa shape index (κ1) is 19.5. The smallest absolute Gasteiger partial charge is 0.142 e. The van der Waals surface area contributed by atoms with Gasteiger partial charge in [0.25, 0.3) is 0 Å². The number of imidazole rings is 1. The van der Waals surface area contributed by atoms with Gasteiger partial charge in [-0.25, -0.2) is 4.98 Å². The van der Waals surface area contributed by atoms with E-state index in [1.165, 1.54) is 5.56 Å². The first-order chi connectivity index (χ1) is 14.2. The normalized spacial score (nSPS) is 16.0. The Morgan fingerprint density at radius 2 is 1.76 bits per heavy atom. The summed E-state index contributed by atoms with van der Waals surface area (Å²) in [5.41, 5.74) is 3.20. The van der Waals surface area contributed by atoms with Crippen LogP contribution in [0.4, 0.5) is 5.69 Å². The summed E-state index contributed by atoms with van der Waals surface area (Å²) in [4.78, 5) is 9.14. The van der Waals surface area contributed by atoms with Crippen molar-refractivity contribution in [1.29, 1.82) is 0 Å². The van der Waals surface area contributed by atoms with Gasteiger partial charge in [-0.05, 0) is 12.1 Å². The van der Waals surface area contributed by atoms with E-state index in [9.17, 15) is 5.11 Å². The predicted octanol–water partition coefficient (Wildman–Crippen LogP) is 2.83. The molecule has 6 heteroatoms. The van der Waals surface area contributed by atoms with E-state index in [1.807, 2.05) is 48.1 Å². The van der Waals surface area contributed by atoms with Crippen LogP contribution in [0, 0.1) is 0 Å². The molecule has 2 aromatic carbocycles. The molecule has 0 unspecified atom stereocenters. The van der Waals surface area contributed by atoms with Gasteiger partial charge >= 0.3 is 0 Å². The number of aliphatic hydroxyl groups excluding tert-OH is 1. The molecule has 1 aliphatic rings. The zero-order chi connectivity index (χ0) is 20.2. The first-order valence-corrected chi connectivity index (χ1v) is 10.0. The summed E-state index contributed by atoms with van der Waals surface area (Å²) in [7, 11) is 3.63. The quantitative estimate of drug-likeness (QED) is 0.699. The highest BCUT2D eigenvalue weighted by Gasteiger charge is 2.24. The van der Waals surface area contributed by atoms with Crippen molar-refractivity contribution < 1.29 is 9.84 Å². The van der Waals surface area contributed by atoms with Crippen molar-refractivity contribution in [2.75, 3.05) is 38.2 Å². The van der Waals surface area contributed by atoms with Gasteiger partial charge in [0, 0.05) is 69.0 Å². The highest BCUT2D eigenvalue weighted by atomic mass is 16.5. The van der Waals surface area contributed by atoms with Crippen LogP contribution in [0.2, 0.25) is 0 Å². The van der Waals surface area contributed by atoms with Gasteiger partial charge in [0.2, 0.25) is 0 Å². The highest BCUT2D eigenvalue weighted by Crippen LogP contribution is 2.31. The molecular weight excluding hydrogens is 364 g/mol. The zero-order valence-corrected chi connectivity index (χ0v) is 17.0. The number of hydrogen-bond acceptors (Lipinski definition) is 5. The Bertz CT molecular complexity index is 947. The molecule has 3 aromatic rings. The van der Waals surface area contributed by atoms with Crippen LogP contribution < -0.4 is 9.64 Å². The summed E-state index contributed by atoms with van der Waals surface area (Å²) < 4.78 is 7.36. The molecule has 0 bridgehead atoms. The van der Waals surface area contributed by atoms with Crippen LogP contribution in [0.1, 0.15) is 23.1 Å². The van der Waals surface area contributed by atoms with Crippen molar-refractivity contribution in [3.63, 3.8) is 0 Å². The number of aromatic nitrogens is 2. The van der Waals surface area contributed by atoms with Gasteiger partial charge in [0.15, 0.2) is 0 Å². The fourth-order valence-corrected chi connectivity index (χ4v) is 4.01. The Hall–Kier alpha value is -2.83. The number of nitrogens with zero attached hydrogens (tertiary/aromatic N) is 4. The molecule has 29 heavy (non-hydrogen) atoms. The highest BCUT2D eigenvalue weighted by molar-refractivity contribution is 5.56. The van der Waals surface area contributed by atoms with Gasteiger partial charge in [-0.15, -0.1) is 0 Å². The SMILES string of the molecule is COc1ccccc1CN1CCN(c2ccccc2[C@@H](O)c2nccn2C)CC1. The molecule has 6 nitrogen and oxygen atoms in total. The topological polar surface area (TPSA) is 53.8 Å². The van der Waals surface area contributed by atoms with E-state index in [0.717, 1.165) is 49.7 Å². The molecular formula is C23H28N4O2. The van der Waals surface area contributed by atoms with Gasteiger partial charge < -0.3 is 19.3 Å². The molecule has 0 spiro atoms. The Kier molecular flexibility index (Phi) is 5.83. The maximum absolute atomic E-state index is 10.9. The number of ether oxygens (including phenoxy) is 1. The molecule has 1 aliphatic heterocycles. The van der Waals surface area contributed by atoms with Crippen molar-refractivity contribution in [2.24, 2.45) is 7.05 Å². The Morgan fingerprint density at radius 1 is 1.03 bits per heavy atom.